The van der Waals surface area contributed by atoms with Crippen molar-refractivity contribution in [1.82, 2.24) is 0 Å². The minimum absolute atomic E-state index is 0.476. The maximum Gasteiger partial charge on any atom is 0.0873 e. The second-order valence-corrected chi connectivity index (χ2v) is 7.06. The quantitative estimate of drug-likeness (QED) is 0.504. The highest BCUT2D eigenvalue weighted by molar-refractivity contribution is 5.01. The molecule has 0 aromatic rings. The second-order valence-electron chi connectivity index (χ2n) is 7.06. The lowest BCUT2D eigenvalue weighted by atomic mass is 9.69. The van der Waals surface area contributed by atoms with E-state index in [-0.39, 0.29) is 0 Å². The lowest BCUT2D eigenvalue weighted by molar-refractivity contribution is 0.0501. The minimum atomic E-state index is 0.476. The van der Waals surface area contributed by atoms with Crippen molar-refractivity contribution >= 4 is 0 Å². The molecule has 3 rings (SSSR count). The summed E-state index contributed by atoms with van der Waals surface area (Å²) in [6.45, 7) is 3.23. The Bertz CT molecular complexity index is 341. The number of ether oxygens (including phenoxy) is 2. The average molecular weight is 278 g/mol. The van der Waals surface area contributed by atoms with Gasteiger partial charge in [0.1, 0.15) is 0 Å². The Balaban J connectivity index is 1.39. The summed E-state index contributed by atoms with van der Waals surface area (Å²) in [6, 6.07) is 0. The van der Waals surface area contributed by atoms with E-state index in [4.69, 9.17) is 9.47 Å². The van der Waals surface area contributed by atoms with Gasteiger partial charge in [-0.25, -0.2) is 0 Å². The SMILES string of the molecule is CCC1(CCCOC=C2CCCCC2)CC2CCC1O2. The standard InChI is InChI=1S/C18H30O2/c1-2-18(13-16-9-10-17(18)20-16)11-6-12-19-14-15-7-4-3-5-8-15/h14,16-17H,2-13H2,1H3. The molecule has 2 bridgehead atoms. The molecule has 0 aromatic heterocycles. The van der Waals surface area contributed by atoms with Crippen LogP contribution in [0, 0.1) is 5.41 Å². The number of hydrogen-bond acceptors (Lipinski definition) is 2. The third-order valence-corrected chi connectivity index (χ3v) is 5.81. The van der Waals surface area contributed by atoms with Gasteiger partial charge in [0.2, 0.25) is 0 Å². The average Bonchev–Trinajstić information content (AvgIpc) is 3.09. The summed E-state index contributed by atoms with van der Waals surface area (Å²) in [6.07, 6.45) is 17.5. The smallest absolute Gasteiger partial charge is 0.0873 e. The number of fused-ring (bicyclic) bond motifs is 2. The fraction of sp³-hybridized carbons (Fsp3) is 0.889. The molecule has 3 unspecified atom stereocenters. The van der Waals surface area contributed by atoms with E-state index in [2.05, 4.69) is 13.2 Å². The zero-order valence-electron chi connectivity index (χ0n) is 13.0. The minimum Gasteiger partial charge on any atom is -0.501 e. The molecule has 3 fully saturated rings. The van der Waals surface area contributed by atoms with Crippen LogP contribution in [0.2, 0.25) is 0 Å². The van der Waals surface area contributed by atoms with Crippen molar-refractivity contribution in [2.45, 2.75) is 89.8 Å². The molecule has 2 heterocycles. The van der Waals surface area contributed by atoms with Gasteiger partial charge in [-0.2, -0.15) is 0 Å². The molecule has 3 aliphatic rings. The predicted molar refractivity (Wildman–Crippen MR) is 81.6 cm³/mol. The van der Waals surface area contributed by atoms with Crippen molar-refractivity contribution < 1.29 is 9.47 Å². The highest BCUT2D eigenvalue weighted by Gasteiger charge is 2.50. The van der Waals surface area contributed by atoms with E-state index in [0.29, 0.717) is 17.6 Å². The maximum atomic E-state index is 6.08. The van der Waals surface area contributed by atoms with Gasteiger partial charge in [-0.1, -0.05) is 13.3 Å². The summed E-state index contributed by atoms with van der Waals surface area (Å²) >= 11 is 0. The summed E-state index contributed by atoms with van der Waals surface area (Å²) in [4.78, 5) is 0. The van der Waals surface area contributed by atoms with Crippen molar-refractivity contribution in [1.29, 1.82) is 0 Å². The highest BCUT2D eigenvalue weighted by atomic mass is 16.5. The molecular weight excluding hydrogens is 248 g/mol. The molecule has 0 aromatic carbocycles. The van der Waals surface area contributed by atoms with Gasteiger partial charge >= 0.3 is 0 Å². The van der Waals surface area contributed by atoms with E-state index in [9.17, 15) is 0 Å². The lowest BCUT2D eigenvalue weighted by Crippen LogP contribution is -2.32. The van der Waals surface area contributed by atoms with Crippen molar-refractivity contribution in [3.05, 3.63) is 11.8 Å². The first-order chi connectivity index (χ1) is 9.82. The summed E-state index contributed by atoms with van der Waals surface area (Å²) in [5.74, 6) is 0. The van der Waals surface area contributed by atoms with E-state index in [1.807, 2.05) is 0 Å². The first kappa shape index (κ1) is 14.4. The number of rotatable bonds is 6. The van der Waals surface area contributed by atoms with Gasteiger partial charge in [0.25, 0.3) is 0 Å². The normalized spacial score (nSPS) is 36.4. The molecular formula is C18H30O2. The Morgan fingerprint density at radius 3 is 2.75 bits per heavy atom. The fourth-order valence-corrected chi connectivity index (χ4v) is 4.51. The summed E-state index contributed by atoms with van der Waals surface area (Å²) in [7, 11) is 0. The molecule has 1 saturated carbocycles. The van der Waals surface area contributed by atoms with Gasteiger partial charge in [-0.15, -0.1) is 0 Å². The molecule has 114 valence electrons. The molecule has 1 aliphatic carbocycles. The molecule has 2 saturated heterocycles. The van der Waals surface area contributed by atoms with Gasteiger partial charge in [0, 0.05) is 0 Å². The third-order valence-electron chi connectivity index (χ3n) is 5.81. The van der Waals surface area contributed by atoms with E-state index >= 15 is 0 Å². The van der Waals surface area contributed by atoms with Crippen LogP contribution in [0.15, 0.2) is 11.8 Å². The summed E-state index contributed by atoms with van der Waals surface area (Å²) in [5.41, 5.74) is 2.01. The molecule has 2 nitrogen and oxygen atoms in total. The van der Waals surface area contributed by atoms with Crippen molar-refractivity contribution in [2.24, 2.45) is 5.41 Å². The van der Waals surface area contributed by atoms with Gasteiger partial charge in [-0.3, -0.25) is 0 Å². The van der Waals surface area contributed by atoms with Crippen LogP contribution >= 0.6 is 0 Å². The van der Waals surface area contributed by atoms with Crippen LogP contribution in [0.1, 0.15) is 77.6 Å². The maximum absolute atomic E-state index is 6.08. The number of hydrogen-bond donors (Lipinski definition) is 0. The zero-order valence-corrected chi connectivity index (χ0v) is 13.0. The van der Waals surface area contributed by atoms with E-state index in [1.165, 1.54) is 76.2 Å². The van der Waals surface area contributed by atoms with Gasteiger partial charge in [0.05, 0.1) is 25.1 Å². The molecule has 2 heteroatoms. The monoisotopic (exact) mass is 278 g/mol. The van der Waals surface area contributed by atoms with E-state index in [1.54, 1.807) is 0 Å². The molecule has 20 heavy (non-hydrogen) atoms. The Morgan fingerprint density at radius 1 is 1.25 bits per heavy atom. The second kappa shape index (κ2) is 6.51. The van der Waals surface area contributed by atoms with Crippen LogP contribution in [0.3, 0.4) is 0 Å². The largest absolute Gasteiger partial charge is 0.501 e. The van der Waals surface area contributed by atoms with E-state index in [0.717, 1.165) is 6.61 Å². The molecule has 2 aliphatic heterocycles. The summed E-state index contributed by atoms with van der Waals surface area (Å²) < 4.78 is 11.9. The predicted octanol–water partition coefficient (Wildman–Crippen LogP) is 4.98. The molecule has 0 spiro atoms. The van der Waals surface area contributed by atoms with Crippen LogP contribution in [0.25, 0.3) is 0 Å². The molecule has 0 N–H and O–H groups in total. The Kier molecular flexibility index (Phi) is 4.70. The van der Waals surface area contributed by atoms with Crippen molar-refractivity contribution in [2.75, 3.05) is 6.61 Å². The van der Waals surface area contributed by atoms with Crippen LogP contribution < -0.4 is 0 Å². The summed E-state index contributed by atoms with van der Waals surface area (Å²) in [5, 5.41) is 0. The zero-order chi connectivity index (χ0) is 13.8. The fourth-order valence-electron chi connectivity index (χ4n) is 4.51. The van der Waals surface area contributed by atoms with Crippen LogP contribution in [-0.4, -0.2) is 18.8 Å². The Hall–Kier alpha value is -0.500. The molecule has 3 atom stereocenters. The van der Waals surface area contributed by atoms with Crippen LogP contribution in [-0.2, 0) is 9.47 Å². The van der Waals surface area contributed by atoms with Gasteiger partial charge in [0.15, 0.2) is 0 Å². The van der Waals surface area contributed by atoms with Gasteiger partial charge < -0.3 is 9.47 Å². The molecule has 0 radical (unpaired) electrons. The van der Waals surface area contributed by atoms with Crippen molar-refractivity contribution in [3.63, 3.8) is 0 Å². The first-order valence-corrected chi connectivity index (χ1v) is 8.77. The Morgan fingerprint density at radius 2 is 2.10 bits per heavy atom. The third kappa shape index (κ3) is 3.05. The Labute approximate surface area is 123 Å². The topological polar surface area (TPSA) is 18.5 Å². The van der Waals surface area contributed by atoms with Crippen LogP contribution in [0.4, 0.5) is 0 Å². The number of allylic oxidation sites excluding steroid dienone is 1. The lowest BCUT2D eigenvalue weighted by Gasteiger charge is -2.34. The van der Waals surface area contributed by atoms with Crippen LogP contribution in [0.5, 0.6) is 0 Å². The van der Waals surface area contributed by atoms with E-state index < -0.39 is 0 Å². The first-order valence-electron chi connectivity index (χ1n) is 8.77. The molecule has 0 amide bonds. The van der Waals surface area contributed by atoms with Crippen molar-refractivity contribution in [3.8, 4) is 0 Å². The van der Waals surface area contributed by atoms with Gasteiger partial charge in [-0.05, 0) is 75.2 Å². The highest BCUT2D eigenvalue weighted by Crippen LogP contribution is 2.52.